The average Bonchev–Trinajstić information content (AvgIpc) is 3.15. The van der Waals surface area contributed by atoms with Crippen LogP contribution in [0.15, 0.2) is 48.5 Å². The zero-order valence-electron chi connectivity index (χ0n) is 16.9. The molecule has 0 saturated carbocycles. The molecule has 2 aromatic rings. The van der Waals surface area contributed by atoms with E-state index < -0.39 is 23.9 Å². The highest BCUT2D eigenvalue weighted by molar-refractivity contribution is 6.00. The lowest BCUT2D eigenvalue weighted by Crippen LogP contribution is -2.33. The first-order valence-corrected chi connectivity index (χ1v) is 9.82. The van der Waals surface area contributed by atoms with Crippen molar-refractivity contribution in [1.29, 1.82) is 5.26 Å². The highest BCUT2D eigenvalue weighted by atomic mass is 16.5. The van der Waals surface area contributed by atoms with Gasteiger partial charge >= 0.3 is 5.97 Å². The highest BCUT2D eigenvalue weighted by Crippen LogP contribution is 2.26. The van der Waals surface area contributed by atoms with Gasteiger partial charge in [-0.05, 0) is 49.2 Å². The Balaban J connectivity index is 1.57. The monoisotopic (exact) mass is 405 g/mol. The molecule has 7 nitrogen and oxygen atoms in total. The first kappa shape index (κ1) is 21.1. The summed E-state index contributed by atoms with van der Waals surface area (Å²) in [5.41, 5.74) is 2.77. The molecule has 2 atom stereocenters. The standard InChI is InChI=1S/C23H23N3O4/c1-3-16-7-9-20(10-8-16)26-14-18(12-21(26)27)23(29)30-15(2)22(28)25-19-6-4-5-17(11-19)13-24/h4-11,15,18H,3,12,14H2,1-2H3,(H,25,28)/t15-,18+/m1/s1. The van der Waals surface area contributed by atoms with Crippen molar-refractivity contribution in [2.75, 3.05) is 16.8 Å². The number of benzene rings is 2. The van der Waals surface area contributed by atoms with Gasteiger partial charge in [0, 0.05) is 24.3 Å². The van der Waals surface area contributed by atoms with Gasteiger partial charge in [0.1, 0.15) is 0 Å². The molecule has 0 aromatic heterocycles. The van der Waals surface area contributed by atoms with Gasteiger partial charge in [-0.15, -0.1) is 0 Å². The lowest BCUT2D eigenvalue weighted by molar-refractivity contribution is -0.157. The van der Waals surface area contributed by atoms with Crippen LogP contribution in [0.25, 0.3) is 0 Å². The van der Waals surface area contributed by atoms with Crippen molar-refractivity contribution in [2.24, 2.45) is 5.92 Å². The maximum Gasteiger partial charge on any atom is 0.312 e. The Hall–Kier alpha value is -3.66. The highest BCUT2D eigenvalue weighted by Gasteiger charge is 2.37. The van der Waals surface area contributed by atoms with Gasteiger partial charge < -0.3 is 15.0 Å². The summed E-state index contributed by atoms with van der Waals surface area (Å²) >= 11 is 0. The van der Waals surface area contributed by atoms with E-state index in [-0.39, 0.29) is 18.9 Å². The summed E-state index contributed by atoms with van der Waals surface area (Å²) in [6, 6.07) is 16.1. The topological polar surface area (TPSA) is 99.5 Å². The fourth-order valence-electron chi connectivity index (χ4n) is 3.26. The molecule has 30 heavy (non-hydrogen) atoms. The van der Waals surface area contributed by atoms with E-state index in [1.165, 1.54) is 18.6 Å². The van der Waals surface area contributed by atoms with Crippen LogP contribution in [0.4, 0.5) is 11.4 Å². The molecule has 154 valence electrons. The Morgan fingerprint density at radius 2 is 2.00 bits per heavy atom. The number of anilines is 2. The number of ether oxygens (including phenoxy) is 1. The van der Waals surface area contributed by atoms with Crippen molar-refractivity contribution in [1.82, 2.24) is 0 Å². The average molecular weight is 405 g/mol. The number of amides is 2. The van der Waals surface area contributed by atoms with E-state index >= 15 is 0 Å². The van der Waals surface area contributed by atoms with Gasteiger partial charge in [0.25, 0.3) is 5.91 Å². The minimum atomic E-state index is -1.03. The minimum Gasteiger partial charge on any atom is -0.452 e. The maximum absolute atomic E-state index is 12.5. The fraction of sp³-hybridized carbons (Fsp3) is 0.304. The summed E-state index contributed by atoms with van der Waals surface area (Å²) in [5, 5.41) is 11.6. The second kappa shape index (κ2) is 9.23. The summed E-state index contributed by atoms with van der Waals surface area (Å²) < 4.78 is 5.30. The molecule has 1 aliphatic heterocycles. The van der Waals surface area contributed by atoms with Crippen LogP contribution in [0.1, 0.15) is 31.4 Å². The van der Waals surface area contributed by atoms with Crippen molar-refractivity contribution in [3.63, 3.8) is 0 Å². The zero-order valence-corrected chi connectivity index (χ0v) is 16.9. The van der Waals surface area contributed by atoms with Crippen molar-refractivity contribution in [3.8, 4) is 6.07 Å². The van der Waals surface area contributed by atoms with Gasteiger partial charge in [-0.3, -0.25) is 14.4 Å². The molecule has 2 aromatic carbocycles. The normalized spacial score (nSPS) is 16.6. The second-order valence-electron chi connectivity index (χ2n) is 7.19. The number of nitrogens with zero attached hydrogens (tertiary/aromatic N) is 2. The van der Waals surface area contributed by atoms with Crippen molar-refractivity contribution >= 4 is 29.2 Å². The van der Waals surface area contributed by atoms with E-state index in [9.17, 15) is 14.4 Å². The molecule has 1 fully saturated rings. The number of nitrogens with one attached hydrogen (secondary N) is 1. The van der Waals surface area contributed by atoms with Crippen LogP contribution in [0.5, 0.6) is 0 Å². The van der Waals surface area contributed by atoms with Crippen LogP contribution in [0.2, 0.25) is 0 Å². The largest absolute Gasteiger partial charge is 0.452 e. The predicted octanol–water partition coefficient (Wildman–Crippen LogP) is 3.04. The van der Waals surface area contributed by atoms with Crippen molar-refractivity contribution in [2.45, 2.75) is 32.8 Å². The zero-order chi connectivity index (χ0) is 21.7. The summed E-state index contributed by atoms with van der Waals surface area (Å²) in [6.07, 6.45) is -0.0761. The van der Waals surface area contributed by atoms with E-state index in [2.05, 4.69) is 12.2 Å². The Labute approximate surface area is 175 Å². The van der Waals surface area contributed by atoms with Crippen molar-refractivity contribution < 1.29 is 19.1 Å². The molecule has 1 saturated heterocycles. The molecule has 7 heteroatoms. The number of aryl methyl sites for hydroxylation is 1. The lowest BCUT2D eigenvalue weighted by Gasteiger charge is -2.18. The molecule has 0 unspecified atom stereocenters. The molecular formula is C23H23N3O4. The summed E-state index contributed by atoms with van der Waals surface area (Å²) in [6.45, 7) is 3.75. The molecular weight excluding hydrogens is 382 g/mol. The van der Waals surface area contributed by atoms with Crippen LogP contribution < -0.4 is 10.2 Å². The van der Waals surface area contributed by atoms with Crippen LogP contribution in [0.3, 0.4) is 0 Å². The summed E-state index contributed by atoms with van der Waals surface area (Å²) in [5.74, 6) is -1.86. The predicted molar refractivity (Wildman–Crippen MR) is 112 cm³/mol. The Morgan fingerprint density at radius 3 is 2.67 bits per heavy atom. The molecule has 2 amide bonds. The third-order valence-electron chi connectivity index (χ3n) is 5.04. The summed E-state index contributed by atoms with van der Waals surface area (Å²) in [4.78, 5) is 38.8. The number of esters is 1. The van der Waals surface area contributed by atoms with Gasteiger partial charge in [-0.25, -0.2) is 0 Å². The minimum absolute atomic E-state index is 0.0485. The van der Waals surface area contributed by atoms with E-state index in [0.29, 0.717) is 11.3 Å². The molecule has 0 radical (unpaired) electrons. The van der Waals surface area contributed by atoms with E-state index in [1.807, 2.05) is 30.3 Å². The molecule has 1 heterocycles. The molecule has 0 bridgehead atoms. The molecule has 0 spiro atoms. The molecule has 0 aliphatic carbocycles. The van der Waals surface area contributed by atoms with Crippen LogP contribution >= 0.6 is 0 Å². The Morgan fingerprint density at radius 1 is 1.27 bits per heavy atom. The smallest absolute Gasteiger partial charge is 0.312 e. The lowest BCUT2D eigenvalue weighted by atomic mass is 10.1. The van der Waals surface area contributed by atoms with Crippen molar-refractivity contribution in [3.05, 3.63) is 59.7 Å². The van der Waals surface area contributed by atoms with Gasteiger partial charge in [-0.2, -0.15) is 5.26 Å². The molecule has 1 N–H and O–H groups in total. The van der Waals surface area contributed by atoms with Crippen LogP contribution in [-0.4, -0.2) is 30.4 Å². The first-order chi connectivity index (χ1) is 14.4. The van der Waals surface area contributed by atoms with Gasteiger partial charge in [0.2, 0.25) is 5.91 Å². The van der Waals surface area contributed by atoms with Gasteiger partial charge in [0.15, 0.2) is 6.10 Å². The van der Waals surface area contributed by atoms with E-state index in [4.69, 9.17) is 10.00 Å². The third-order valence-corrected chi connectivity index (χ3v) is 5.04. The number of carbonyl (C=O) groups is 3. The van der Waals surface area contributed by atoms with Gasteiger partial charge in [0.05, 0.1) is 17.6 Å². The fourth-order valence-corrected chi connectivity index (χ4v) is 3.26. The Kier molecular flexibility index (Phi) is 6.48. The number of nitriles is 1. The SMILES string of the molecule is CCc1ccc(N2C[C@@H](C(=O)O[C@H](C)C(=O)Nc3cccc(C#N)c3)CC2=O)cc1. The van der Waals surface area contributed by atoms with Crippen LogP contribution in [-0.2, 0) is 25.5 Å². The number of hydrogen-bond donors (Lipinski definition) is 1. The molecule has 1 aliphatic rings. The Bertz CT molecular complexity index is 994. The van der Waals surface area contributed by atoms with Crippen LogP contribution in [0, 0.1) is 17.2 Å². The third kappa shape index (κ3) is 4.84. The number of hydrogen-bond acceptors (Lipinski definition) is 5. The maximum atomic E-state index is 12.5. The number of carbonyl (C=O) groups excluding carboxylic acids is 3. The van der Waals surface area contributed by atoms with E-state index in [0.717, 1.165) is 12.1 Å². The molecule has 3 rings (SSSR count). The number of rotatable bonds is 6. The quantitative estimate of drug-likeness (QED) is 0.745. The second-order valence-corrected chi connectivity index (χ2v) is 7.19. The summed E-state index contributed by atoms with van der Waals surface area (Å²) in [7, 11) is 0. The van der Waals surface area contributed by atoms with Gasteiger partial charge in [-0.1, -0.05) is 25.1 Å². The van der Waals surface area contributed by atoms with E-state index in [1.54, 1.807) is 23.1 Å². The first-order valence-electron chi connectivity index (χ1n) is 9.82.